The van der Waals surface area contributed by atoms with Gasteiger partial charge < -0.3 is 10.1 Å². The number of nitrogens with one attached hydrogen (secondary N) is 1. The van der Waals surface area contributed by atoms with Gasteiger partial charge in [0.2, 0.25) is 5.91 Å². The molecule has 1 saturated heterocycles. The van der Waals surface area contributed by atoms with Crippen molar-refractivity contribution in [2.75, 3.05) is 39.0 Å². The number of esters is 1. The molecule has 1 aliphatic heterocycles. The molecule has 1 aromatic carbocycles. The van der Waals surface area contributed by atoms with Crippen molar-refractivity contribution in [3.8, 4) is 0 Å². The molecule has 0 atom stereocenters. The average molecular weight is 336 g/mol. The third kappa shape index (κ3) is 6.23. The Bertz CT molecular complexity index is 502. The van der Waals surface area contributed by atoms with Crippen molar-refractivity contribution in [3.63, 3.8) is 0 Å². The van der Waals surface area contributed by atoms with Crippen molar-refractivity contribution < 1.29 is 14.3 Å². The summed E-state index contributed by atoms with van der Waals surface area (Å²) in [7, 11) is 1.43. The Balaban J connectivity index is 1.58. The van der Waals surface area contributed by atoms with Crippen molar-refractivity contribution in [1.29, 1.82) is 0 Å². The normalized spacial score (nSPS) is 16.0. The summed E-state index contributed by atoms with van der Waals surface area (Å²) in [5.41, 5.74) is 0. The molecule has 1 N–H and O–H groups in total. The highest BCUT2D eigenvalue weighted by Gasteiger charge is 2.26. The predicted octanol–water partition coefficient (Wildman–Crippen LogP) is 1.78. The second kappa shape index (κ2) is 9.57. The van der Waals surface area contributed by atoms with Crippen LogP contribution in [0.15, 0.2) is 35.2 Å². The van der Waals surface area contributed by atoms with Gasteiger partial charge in [0.05, 0.1) is 19.6 Å². The molecule has 6 heteroatoms. The molecule has 0 spiro atoms. The van der Waals surface area contributed by atoms with E-state index >= 15 is 0 Å². The van der Waals surface area contributed by atoms with E-state index in [-0.39, 0.29) is 17.8 Å². The number of rotatable bonds is 7. The number of thioether (sulfide) groups is 1. The fourth-order valence-corrected chi connectivity index (χ4v) is 3.42. The molecular formula is C17H24N2O3S. The van der Waals surface area contributed by atoms with Gasteiger partial charge in [-0.2, -0.15) is 0 Å². The first kappa shape index (κ1) is 17.8. The number of piperidine rings is 1. The molecular weight excluding hydrogens is 312 g/mol. The Morgan fingerprint density at radius 2 is 1.96 bits per heavy atom. The van der Waals surface area contributed by atoms with Crippen LogP contribution in [0.4, 0.5) is 0 Å². The third-order valence-electron chi connectivity index (χ3n) is 3.93. The van der Waals surface area contributed by atoms with Crippen LogP contribution in [0, 0.1) is 5.92 Å². The second-order valence-corrected chi connectivity index (χ2v) is 6.75. The van der Waals surface area contributed by atoms with Crippen molar-refractivity contribution in [3.05, 3.63) is 30.3 Å². The maximum absolute atomic E-state index is 11.9. The molecule has 126 valence electrons. The van der Waals surface area contributed by atoms with Crippen LogP contribution in [0.2, 0.25) is 0 Å². The summed E-state index contributed by atoms with van der Waals surface area (Å²) in [6.45, 7) is 2.61. The Hall–Kier alpha value is -1.53. The van der Waals surface area contributed by atoms with Crippen molar-refractivity contribution in [2.24, 2.45) is 5.92 Å². The van der Waals surface area contributed by atoms with Gasteiger partial charge in [0.15, 0.2) is 0 Å². The summed E-state index contributed by atoms with van der Waals surface area (Å²) >= 11 is 1.73. The summed E-state index contributed by atoms with van der Waals surface area (Å²) in [5.74, 6) is 0.768. The lowest BCUT2D eigenvalue weighted by Gasteiger charge is -2.29. The Labute approximate surface area is 141 Å². The van der Waals surface area contributed by atoms with E-state index < -0.39 is 0 Å². The Kier molecular flexibility index (Phi) is 7.42. The SMILES string of the molecule is COC(=O)C1CCN(CC(=O)NCCSc2ccccc2)CC1. The highest BCUT2D eigenvalue weighted by atomic mass is 32.2. The largest absolute Gasteiger partial charge is 0.469 e. The summed E-state index contributed by atoms with van der Waals surface area (Å²) in [4.78, 5) is 26.7. The number of benzene rings is 1. The van der Waals surface area contributed by atoms with Crippen molar-refractivity contribution in [1.82, 2.24) is 10.2 Å². The Morgan fingerprint density at radius 3 is 2.61 bits per heavy atom. The van der Waals surface area contributed by atoms with E-state index in [9.17, 15) is 9.59 Å². The summed E-state index contributed by atoms with van der Waals surface area (Å²) in [5, 5.41) is 2.95. The highest BCUT2D eigenvalue weighted by Crippen LogP contribution is 2.18. The molecule has 0 radical (unpaired) electrons. The molecule has 5 nitrogen and oxygen atoms in total. The lowest BCUT2D eigenvalue weighted by atomic mass is 9.97. The lowest BCUT2D eigenvalue weighted by molar-refractivity contribution is -0.147. The van der Waals surface area contributed by atoms with Gasteiger partial charge in [0, 0.05) is 17.2 Å². The van der Waals surface area contributed by atoms with E-state index in [1.165, 1.54) is 12.0 Å². The van der Waals surface area contributed by atoms with Gasteiger partial charge in [-0.15, -0.1) is 11.8 Å². The second-order valence-electron chi connectivity index (χ2n) is 5.59. The van der Waals surface area contributed by atoms with Crippen LogP contribution < -0.4 is 5.32 Å². The average Bonchev–Trinajstić information content (AvgIpc) is 2.59. The van der Waals surface area contributed by atoms with Crippen LogP contribution in [0.5, 0.6) is 0 Å². The maximum Gasteiger partial charge on any atom is 0.308 e. The highest BCUT2D eigenvalue weighted by molar-refractivity contribution is 7.99. The zero-order valence-corrected chi connectivity index (χ0v) is 14.3. The number of nitrogens with zero attached hydrogens (tertiary/aromatic N) is 1. The number of likely N-dealkylation sites (tertiary alicyclic amines) is 1. The lowest BCUT2D eigenvalue weighted by Crippen LogP contribution is -2.43. The van der Waals surface area contributed by atoms with E-state index in [0.717, 1.165) is 31.7 Å². The fraction of sp³-hybridized carbons (Fsp3) is 0.529. The van der Waals surface area contributed by atoms with E-state index in [1.807, 2.05) is 18.2 Å². The molecule has 0 aliphatic carbocycles. The monoisotopic (exact) mass is 336 g/mol. The van der Waals surface area contributed by atoms with Gasteiger partial charge in [-0.3, -0.25) is 14.5 Å². The molecule has 1 heterocycles. The smallest absolute Gasteiger partial charge is 0.308 e. The number of amides is 1. The number of methoxy groups -OCH3 is 1. The van der Waals surface area contributed by atoms with Gasteiger partial charge in [0.25, 0.3) is 0 Å². The summed E-state index contributed by atoms with van der Waals surface area (Å²) < 4.78 is 4.77. The molecule has 0 bridgehead atoms. The number of hydrogen-bond acceptors (Lipinski definition) is 5. The number of carbonyl (C=O) groups excluding carboxylic acids is 2. The number of ether oxygens (including phenoxy) is 1. The molecule has 0 aromatic heterocycles. The molecule has 0 unspecified atom stereocenters. The van der Waals surface area contributed by atoms with Crippen LogP contribution in [-0.2, 0) is 14.3 Å². The third-order valence-corrected chi connectivity index (χ3v) is 4.94. The number of hydrogen-bond donors (Lipinski definition) is 1. The van der Waals surface area contributed by atoms with E-state index in [2.05, 4.69) is 22.3 Å². The van der Waals surface area contributed by atoms with E-state index in [0.29, 0.717) is 13.1 Å². The van der Waals surface area contributed by atoms with Gasteiger partial charge in [-0.1, -0.05) is 18.2 Å². The van der Waals surface area contributed by atoms with Crippen molar-refractivity contribution in [2.45, 2.75) is 17.7 Å². The first-order valence-electron chi connectivity index (χ1n) is 7.94. The first-order valence-corrected chi connectivity index (χ1v) is 8.92. The molecule has 1 aliphatic rings. The van der Waals surface area contributed by atoms with Gasteiger partial charge in [0.1, 0.15) is 0 Å². The van der Waals surface area contributed by atoms with Crippen LogP contribution >= 0.6 is 11.8 Å². The van der Waals surface area contributed by atoms with Gasteiger partial charge >= 0.3 is 5.97 Å². The molecule has 23 heavy (non-hydrogen) atoms. The first-order chi connectivity index (χ1) is 11.2. The predicted molar refractivity (Wildman–Crippen MR) is 91.4 cm³/mol. The van der Waals surface area contributed by atoms with Crippen LogP contribution in [-0.4, -0.2) is 55.8 Å². The van der Waals surface area contributed by atoms with Crippen molar-refractivity contribution >= 4 is 23.6 Å². The summed E-state index contributed by atoms with van der Waals surface area (Å²) in [6.07, 6.45) is 1.54. The van der Waals surface area contributed by atoms with E-state index in [1.54, 1.807) is 11.8 Å². The number of carbonyl (C=O) groups is 2. The molecule has 0 saturated carbocycles. The molecule has 1 fully saturated rings. The zero-order chi connectivity index (χ0) is 16.5. The van der Waals surface area contributed by atoms with Gasteiger partial charge in [-0.05, 0) is 38.1 Å². The molecule has 2 rings (SSSR count). The minimum atomic E-state index is -0.132. The van der Waals surface area contributed by atoms with Crippen LogP contribution in [0.1, 0.15) is 12.8 Å². The maximum atomic E-state index is 11.9. The van der Waals surface area contributed by atoms with E-state index in [4.69, 9.17) is 4.74 Å². The molecule has 1 amide bonds. The van der Waals surface area contributed by atoms with Crippen LogP contribution in [0.3, 0.4) is 0 Å². The minimum Gasteiger partial charge on any atom is -0.469 e. The zero-order valence-electron chi connectivity index (χ0n) is 13.5. The Morgan fingerprint density at radius 1 is 1.26 bits per heavy atom. The van der Waals surface area contributed by atoms with Gasteiger partial charge in [-0.25, -0.2) is 0 Å². The fourth-order valence-electron chi connectivity index (χ4n) is 2.63. The quantitative estimate of drug-likeness (QED) is 0.467. The standard InChI is InChI=1S/C17H24N2O3S/c1-22-17(21)14-7-10-19(11-8-14)13-16(20)18-9-12-23-15-5-3-2-4-6-15/h2-6,14H,7-13H2,1H3,(H,18,20). The minimum absolute atomic E-state index is 0.0124. The topological polar surface area (TPSA) is 58.6 Å². The summed E-state index contributed by atoms with van der Waals surface area (Å²) in [6, 6.07) is 10.2. The van der Waals surface area contributed by atoms with Crippen LogP contribution in [0.25, 0.3) is 0 Å². The molecule has 1 aromatic rings.